The quantitative estimate of drug-likeness (QED) is 0.717. The van der Waals surface area contributed by atoms with Gasteiger partial charge < -0.3 is 9.47 Å². The first kappa shape index (κ1) is 18.7. The van der Waals surface area contributed by atoms with Gasteiger partial charge in [-0.15, -0.1) is 0 Å². The fraction of sp³-hybridized carbons (Fsp3) is 0.176. The predicted octanol–water partition coefficient (Wildman–Crippen LogP) is 2.58. The average molecular weight is 411 g/mol. The summed E-state index contributed by atoms with van der Waals surface area (Å²) in [5.74, 6) is -1.29. The molecule has 0 aromatic heterocycles. The third-order valence-corrected chi connectivity index (χ3v) is 3.49. The molecule has 2 N–H and O–H groups in total. The lowest BCUT2D eigenvalue weighted by molar-refractivity contribution is -0.133. The number of hydrazine groups is 1. The van der Waals surface area contributed by atoms with E-state index in [1.807, 2.05) is 6.07 Å². The van der Waals surface area contributed by atoms with Crippen molar-refractivity contribution in [3.63, 3.8) is 0 Å². The molecular weight excluding hydrogens is 395 g/mol. The summed E-state index contributed by atoms with van der Waals surface area (Å²) in [6, 6.07) is 12.7. The second-order valence-electron chi connectivity index (χ2n) is 4.97. The lowest BCUT2D eigenvalue weighted by atomic mass is 10.3. The van der Waals surface area contributed by atoms with Gasteiger partial charge in [0.1, 0.15) is 5.75 Å². The number of halogens is 2. The van der Waals surface area contributed by atoms with Gasteiger partial charge in [-0.1, -0.05) is 34.1 Å². The largest absolute Gasteiger partial charge is 0.484 e. The number of para-hydroxylation sites is 1. The van der Waals surface area contributed by atoms with Crippen LogP contribution in [0.3, 0.4) is 0 Å². The van der Waals surface area contributed by atoms with Crippen LogP contribution in [0.25, 0.3) is 0 Å². The van der Waals surface area contributed by atoms with E-state index in [2.05, 4.69) is 26.8 Å². The van der Waals surface area contributed by atoms with Crippen LogP contribution in [0.4, 0.5) is 4.39 Å². The maximum absolute atomic E-state index is 13.5. The Bertz CT molecular complexity index is 757. The zero-order valence-electron chi connectivity index (χ0n) is 13.3. The summed E-state index contributed by atoms with van der Waals surface area (Å²) in [6.07, 6.45) is -0.997. The number of nitrogens with one attached hydrogen (secondary N) is 2. The standard InChI is InChI=1S/C17H16BrFN2O4/c1-11(25-15-8-3-2-7-14(15)19)17(23)21-20-16(22)10-24-13-6-4-5-12(18)9-13/h2-9,11H,10H2,1H3,(H,20,22)(H,21,23). The Kier molecular flexibility index (Phi) is 6.76. The molecule has 0 bridgehead atoms. The molecule has 0 saturated carbocycles. The maximum Gasteiger partial charge on any atom is 0.279 e. The van der Waals surface area contributed by atoms with E-state index in [9.17, 15) is 14.0 Å². The monoisotopic (exact) mass is 410 g/mol. The molecule has 0 fully saturated rings. The van der Waals surface area contributed by atoms with Gasteiger partial charge in [-0.3, -0.25) is 20.4 Å². The molecule has 0 spiro atoms. The van der Waals surface area contributed by atoms with Gasteiger partial charge in [0.05, 0.1) is 0 Å². The van der Waals surface area contributed by atoms with Crippen molar-refractivity contribution < 1.29 is 23.5 Å². The molecule has 1 unspecified atom stereocenters. The van der Waals surface area contributed by atoms with Crippen LogP contribution < -0.4 is 20.3 Å². The summed E-state index contributed by atoms with van der Waals surface area (Å²) in [5.41, 5.74) is 4.39. The number of hydrogen-bond acceptors (Lipinski definition) is 4. The lowest BCUT2D eigenvalue weighted by Crippen LogP contribution is -2.48. The Morgan fingerprint density at radius 1 is 1.16 bits per heavy atom. The van der Waals surface area contributed by atoms with E-state index in [4.69, 9.17) is 9.47 Å². The second kappa shape index (κ2) is 9.03. The fourth-order valence-electron chi connectivity index (χ4n) is 1.76. The van der Waals surface area contributed by atoms with E-state index in [0.717, 1.165) is 4.47 Å². The molecule has 0 radical (unpaired) electrons. The van der Waals surface area contributed by atoms with Gasteiger partial charge in [0, 0.05) is 4.47 Å². The average Bonchev–Trinajstić information content (AvgIpc) is 2.59. The van der Waals surface area contributed by atoms with Crippen molar-refractivity contribution >= 4 is 27.7 Å². The third kappa shape index (κ3) is 6.07. The molecule has 0 heterocycles. The summed E-state index contributed by atoms with van der Waals surface area (Å²) in [6.45, 7) is 1.16. The first-order valence-corrected chi connectivity index (χ1v) is 8.13. The van der Waals surface area contributed by atoms with E-state index in [0.29, 0.717) is 5.75 Å². The van der Waals surface area contributed by atoms with Gasteiger partial charge in [0.25, 0.3) is 11.8 Å². The predicted molar refractivity (Wildman–Crippen MR) is 92.4 cm³/mol. The van der Waals surface area contributed by atoms with Crippen LogP contribution in [0, 0.1) is 5.82 Å². The zero-order chi connectivity index (χ0) is 18.2. The molecule has 2 amide bonds. The highest BCUT2D eigenvalue weighted by Gasteiger charge is 2.17. The number of hydrogen-bond donors (Lipinski definition) is 2. The molecule has 0 aliphatic rings. The third-order valence-electron chi connectivity index (χ3n) is 3.00. The highest BCUT2D eigenvalue weighted by Crippen LogP contribution is 2.18. The number of ether oxygens (including phenoxy) is 2. The molecule has 25 heavy (non-hydrogen) atoms. The van der Waals surface area contributed by atoms with Crippen LogP contribution in [-0.2, 0) is 9.59 Å². The van der Waals surface area contributed by atoms with Crippen molar-refractivity contribution in [3.05, 3.63) is 58.8 Å². The van der Waals surface area contributed by atoms with Crippen LogP contribution in [0.5, 0.6) is 11.5 Å². The van der Waals surface area contributed by atoms with E-state index in [-0.39, 0.29) is 12.4 Å². The van der Waals surface area contributed by atoms with Gasteiger partial charge in [-0.2, -0.15) is 0 Å². The van der Waals surface area contributed by atoms with Crippen molar-refractivity contribution in [3.8, 4) is 11.5 Å². The van der Waals surface area contributed by atoms with Crippen LogP contribution in [0.1, 0.15) is 6.92 Å². The minimum atomic E-state index is -0.997. The van der Waals surface area contributed by atoms with Gasteiger partial charge >= 0.3 is 0 Å². The Labute approximate surface area is 152 Å². The molecule has 132 valence electrons. The normalized spacial score (nSPS) is 11.3. The van der Waals surface area contributed by atoms with E-state index in [1.165, 1.54) is 25.1 Å². The molecule has 6 nitrogen and oxygen atoms in total. The first-order valence-electron chi connectivity index (χ1n) is 7.34. The van der Waals surface area contributed by atoms with Crippen molar-refractivity contribution in [2.45, 2.75) is 13.0 Å². The smallest absolute Gasteiger partial charge is 0.279 e. The molecular formula is C17H16BrFN2O4. The minimum absolute atomic E-state index is 0.0468. The Hall–Kier alpha value is -2.61. The molecule has 0 aliphatic carbocycles. The summed E-state index contributed by atoms with van der Waals surface area (Å²) in [7, 11) is 0. The number of amides is 2. The van der Waals surface area contributed by atoms with Crippen molar-refractivity contribution in [2.24, 2.45) is 0 Å². The molecule has 2 rings (SSSR count). The number of carbonyl (C=O) groups excluding carboxylic acids is 2. The number of rotatable bonds is 6. The van der Waals surface area contributed by atoms with Gasteiger partial charge in [-0.25, -0.2) is 4.39 Å². The molecule has 2 aromatic carbocycles. The first-order chi connectivity index (χ1) is 12.0. The van der Waals surface area contributed by atoms with Crippen molar-refractivity contribution in [1.29, 1.82) is 0 Å². The van der Waals surface area contributed by atoms with Crippen LogP contribution >= 0.6 is 15.9 Å². The topological polar surface area (TPSA) is 76.7 Å². The minimum Gasteiger partial charge on any atom is -0.484 e. The summed E-state index contributed by atoms with van der Waals surface area (Å²) in [5, 5.41) is 0. The van der Waals surface area contributed by atoms with Crippen molar-refractivity contribution in [1.82, 2.24) is 10.9 Å². The van der Waals surface area contributed by atoms with Crippen LogP contribution in [0.2, 0.25) is 0 Å². The highest BCUT2D eigenvalue weighted by molar-refractivity contribution is 9.10. The number of carbonyl (C=O) groups is 2. The fourth-order valence-corrected chi connectivity index (χ4v) is 2.14. The summed E-state index contributed by atoms with van der Waals surface area (Å²) in [4.78, 5) is 23.5. The van der Waals surface area contributed by atoms with E-state index in [1.54, 1.807) is 24.3 Å². The van der Waals surface area contributed by atoms with Crippen LogP contribution in [0.15, 0.2) is 53.0 Å². The molecule has 8 heteroatoms. The molecule has 0 saturated heterocycles. The van der Waals surface area contributed by atoms with Gasteiger partial charge in [0.2, 0.25) is 0 Å². The highest BCUT2D eigenvalue weighted by atomic mass is 79.9. The van der Waals surface area contributed by atoms with Crippen LogP contribution in [-0.4, -0.2) is 24.5 Å². The Morgan fingerprint density at radius 3 is 2.64 bits per heavy atom. The molecule has 0 aliphatic heterocycles. The summed E-state index contributed by atoms with van der Waals surface area (Å²) < 4.78 is 24.8. The zero-order valence-corrected chi connectivity index (χ0v) is 14.9. The second-order valence-corrected chi connectivity index (χ2v) is 5.89. The SMILES string of the molecule is CC(Oc1ccccc1F)C(=O)NNC(=O)COc1cccc(Br)c1. The van der Waals surface area contributed by atoms with E-state index >= 15 is 0 Å². The van der Waals surface area contributed by atoms with Gasteiger partial charge in [-0.05, 0) is 37.3 Å². The lowest BCUT2D eigenvalue weighted by Gasteiger charge is -2.15. The Balaban J connectivity index is 1.75. The Morgan fingerprint density at radius 2 is 1.92 bits per heavy atom. The maximum atomic E-state index is 13.5. The summed E-state index contributed by atoms with van der Waals surface area (Å²) >= 11 is 3.29. The van der Waals surface area contributed by atoms with E-state index < -0.39 is 23.7 Å². The van der Waals surface area contributed by atoms with Crippen molar-refractivity contribution in [2.75, 3.05) is 6.61 Å². The molecule has 1 atom stereocenters. The number of benzene rings is 2. The van der Waals surface area contributed by atoms with Gasteiger partial charge in [0.15, 0.2) is 24.3 Å². The molecule has 2 aromatic rings.